The lowest BCUT2D eigenvalue weighted by molar-refractivity contribution is -0.112. The van der Waals surface area contributed by atoms with Gasteiger partial charge in [-0.3, -0.25) is 4.79 Å². The summed E-state index contributed by atoms with van der Waals surface area (Å²) in [7, 11) is 0. The third-order valence-corrected chi connectivity index (χ3v) is 3.48. The molecule has 22 heavy (non-hydrogen) atoms. The van der Waals surface area contributed by atoms with Crippen LogP contribution < -0.4 is 5.32 Å². The van der Waals surface area contributed by atoms with Crippen molar-refractivity contribution in [2.45, 2.75) is 6.92 Å². The number of nitrogens with one attached hydrogen (secondary N) is 1. The van der Waals surface area contributed by atoms with Crippen LogP contribution in [-0.2, 0) is 4.79 Å². The van der Waals surface area contributed by atoms with Gasteiger partial charge in [-0.05, 0) is 36.8 Å². The number of halogens is 2. The zero-order valence-electron chi connectivity index (χ0n) is 11.7. The van der Waals surface area contributed by atoms with E-state index in [-0.39, 0.29) is 5.57 Å². The van der Waals surface area contributed by atoms with Crippen LogP contribution in [0, 0.1) is 18.3 Å². The fraction of sp³-hybridized carbons (Fsp3) is 0.0588. The van der Waals surface area contributed by atoms with Crippen LogP contribution in [-0.4, -0.2) is 5.91 Å². The van der Waals surface area contributed by atoms with Gasteiger partial charge in [0.1, 0.15) is 11.6 Å². The highest BCUT2D eigenvalue weighted by Gasteiger charge is 2.11. The molecule has 0 aliphatic carbocycles. The topological polar surface area (TPSA) is 52.9 Å². The maximum absolute atomic E-state index is 12.2. The molecule has 3 nitrogen and oxygen atoms in total. The highest BCUT2D eigenvalue weighted by atomic mass is 35.5. The molecule has 1 amide bonds. The average molecular weight is 331 g/mol. The fourth-order valence-corrected chi connectivity index (χ4v) is 2.21. The summed E-state index contributed by atoms with van der Waals surface area (Å²) in [6.07, 6.45) is 1.53. The smallest absolute Gasteiger partial charge is 0.266 e. The summed E-state index contributed by atoms with van der Waals surface area (Å²) in [5, 5.41) is 12.6. The Balaban J connectivity index is 2.22. The summed E-state index contributed by atoms with van der Waals surface area (Å²) in [6.45, 7) is 1.97. The number of carbonyl (C=O) groups is 1. The molecule has 0 aliphatic heterocycles. The van der Waals surface area contributed by atoms with Crippen LogP contribution in [0.25, 0.3) is 6.08 Å². The molecule has 0 heterocycles. The molecule has 1 N–H and O–H groups in total. The van der Waals surface area contributed by atoms with E-state index in [1.54, 1.807) is 12.1 Å². The minimum Gasteiger partial charge on any atom is -0.320 e. The van der Waals surface area contributed by atoms with Gasteiger partial charge in [-0.15, -0.1) is 0 Å². The van der Waals surface area contributed by atoms with E-state index in [0.717, 1.165) is 11.1 Å². The van der Waals surface area contributed by atoms with Gasteiger partial charge in [0.2, 0.25) is 0 Å². The monoisotopic (exact) mass is 330 g/mol. The summed E-state index contributed by atoms with van der Waals surface area (Å²) in [6, 6.07) is 14.1. The second-order valence-electron chi connectivity index (χ2n) is 4.66. The third-order valence-electron chi connectivity index (χ3n) is 2.93. The minimum atomic E-state index is -0.521. The summed E-state index contributed by atoms with van der Waals surface area (Å²) in [4.78, 5) is 12.2. The highest BCUT2D eigenvalue weighted by Crippen LogP contribution is 2.25. The highest BCUT2D eigenvalue weighted by molar-refractivity contribution is 6.36. The Bertz CT molecular complexity index is 774. The second-order valence-corrected chi connectivity index (χ2v) is 5.50. The molecule has 2 aromatic carbocycles. The van der Waals surface area contributed by atoms with Crippen molar-refractivity contribution in [1.82, 2.24) is 0 Å². The molecule has 110 valence electrons. The van der Waals surface area contributed by atoms with Crippen molar-refractivity contribution in [2.24, 2.45) is 0 Å². The van der Waals surface area contributed by atoms with E-state index in [2.05, 4.69) is 5.32 Å². The molecule has 0 aromatic heterocycles. The average Bonchev–Trinajstić information content (AvgIpc) is 2.49. The summed E-state index contributed by atoms with van der Waals surface area (Å²) in [5.41, 5.74) is 2.28. The molecular formula is C17H12Cl2N2O. The van der Waals surface area contributed by atoms with Crippen molar-refractivity contribution >= 4 is 40.9 Å². The second kappa shape index (κ2) is 7.13. The number of hydrogen-bond donors (Lipinski definition) is 1. The maximum Gasteiger partial charge on any atom is 0.266 e. The number of anilines is 1. The van der Waals surface area contributed by atoms with E-state index in [1.807, 2.05) is 37.3 Å². The predicted molar refractivity (Wildman–Crippen MR) is 89.9 cm³/mol. The molecule has 5 heteroatoms. The van der Waals surface area contributed by atoms with Crippen molar-refractivity contribution in [3.05, 3.63) is 69.2 Å². The molecule has 0 atom stereocenters. The van der Waals surface area contributed by atoms with Crippen LogP contribution in [0.15, 0.2) is 48.0 Å². The van der Waals surface area contributed by atoms with Gasteiger partial charge in [-0.1, -0.05) is 53.0 Å². The van der Waals surface area contributed by atoms with Gasteiger partial charge < -0.3 is 5.32 Å². The van der Waals surface area contributed by atoms with Gasteiger partial charge in [-0.25, -0.2) is 0 Å². The Morgan fingerprint density at radius 1 is 1.18 bits per heavy atom. The molecule has 2 rings (SSSR count). The molecule has 0 aliphatic rings. The molecule has 0 spiro atoms. The standard InChI is InChI=1S/C17H12Cl2N2O/c1-11-2-4-12(5-3-11)8-13(10-20)17(22)21-16-7-6-14(18)9-15(16)19/h2-9H,1H3,(H,21,22)/b13-8+. The summed E-state index contributed by atoms with van der Waals surface area (Å²) < 4.78 is 0. The number of hydrogen-bond acceptors (Lipinski definition) is 2. The molecule has 2 aromatic rings. The van der Waals surface area contributed by atoms with Crippen molar-refractivity contribution in [1.29, 1.82) is 5.26 Å². The van der Waals surface area contributed by atoms with E-state index in [4.69, 9.17) is 23.2 Å². The lowest BCUT2D eigenvalue weighted by atomic mass is 10.1. The third kappa shape index (κ3) is 4.11. The van der Waals surface area contributed by atoms with Crippen LogP contribution in [0.4, 0.5) is 5.69 Å². The SMILES string of the molecule is Cc1ccc(/C=C(\C#N)C(=O)Nc2ccc(Cl)cc2Cl)cc1. The van der Waals surface area contributed by atoms with E-state index in [9.17, 15) is 10.1 Å². The molecule has 0 radical (unpaired) electrons. The molecule has 0 unspecified atom stereocenters. The molecule has 0 saturated carbocycles. The van der Waals surface area contributed by atoms with E-state index in [0.29, 0.717) is 15.7 Å². The van der Waals surface area contributed by atoms with Gasteiger partial charge in [0.15, 0.2) is 0 Å². The lowest BCUT2D eigenvalue weighted by Crippen LogP contribution is -2.13. The van der Waals surface area contributed by atoms with Gasteiger partial charge in [0.25, 0.3) is 5.91 Å². The Labute approximate surface area is 138 Å². The first kappa shape index (κ1) is 16.1. The van der Waals surface area contributed by atoms with E-state index in [1.165, 1.54) is 12.1 Å². The molecule has 0 bridgehead atoms. The predicted octanol–water partition coefficient (Wildman–Crippen LogP) is 4.85. The number of rotatable bonds is 3. The maximum atomic E-state index is 12.2. The first-order chi connectivity index (χ1) is 10.5. The van der Waals surface area contributed by atoms with Crippen molar-refractivity contribution < 1.29 is 4.79 Å². The van der Waals surface area contributed by atoms with Crippen LogP contribution in [0.1, 0.15) is 11.1 Å². The van der Waals surface area contributed by atoms with Crippen LogP contribution >= 0.6 is 23.2 Å². The number of aryl methyl sites for hydroxylation is 1. The van der Waals surface area contributed by atoms with Gasteiger partial charge >= 0.3 is 0 Å². The zero-order chi connectivity index (χ0) is 16.1. The molecule has 0 fully saturated rings. The Kier molecular flexibility index (Phi) is 5.21. The van der Waals surface area contributed by atoms with Gasteiger partial charge in [0.05, 0.1) is 10.7 Å². The fourth-order valence-electron chi connectivity index (χ4n) is 1.76. The summed E-state index contributed by atoms with van der Waals surface area (Å²) >= 11 is 11.8. The normalized spacial score (nSPS) is 10.9. The summed E-state index contributed by atoms with van der Waals surface area (Å²) in [5.74, 6) is -0.521. The lowest BCUT2D eigenvalue weighted by Gasteiger charge is -2.07. The number of amides is 1. The van der Waals surface area contributed by atoms with Crippen molar-refractivity contribution in [3.8, 4) is 6.07 Å². The first-order valence-corrected chi connectivity index (χ1v) is 7.20. The zero-order valence-corrected chi connectivity index (χ0v) is 13.2. The Morgan fingerprint density at radius 3 is 2.45 bits per heavy atom. The van der Waals surface area contributed by atoms with Gasteiger partial charge in [-0.2, -0.15) is 5.26 Å². The van der Waals surface area contributed by atoms with Gasteiger partial charge in [0, 0.05) is 5.02 Å². The number of benzene rings is 2. The molecule has 0 saturated heterocycles. The van der Waals surface area contributed by atoms with E-state index >= 15 is 0 Å². The van der Waals surface area contributed by atoms with Crippen molar-refractivity contribution in [3.63, 3.8) is 0 Å². The van der Waals surface area contributed by atoms with Crippen LogP contribution in [0.5, 0.6) is 0 Å². The number of carbonyl (C=O) groups excluding carboxylic acids is 1. The largest absolute Gasteiger partial charge is 0.320 e. The van der Waals surface area contributed by atoms with Crippen molar-refractivity contribution in [2.75, 3.05) is 5.32 Å². The van der Waals surface area contributed by atoms with E-state index < -0.39 is 5.91 Å². The number of nitriles is 1. The first-order valence-electron chi connectivity index (χ1n) is 6.44. The minimum absolute atomic E-state index is 0.00475. The van der Waals surface area contributed by atoms with Crippen LogP contribution in [0.2, 0.25) is 10.0 Å². The molecular weight excluding hydrogens is 319 g/mol. The number of nitrogens with zero attached hydrogens (tertiary/aromatic N) is 1. The van der Waals surface area contributed by atoms with Crippen LogP contribution in [0.3, 0.4) is 0 Å². The quantitative estimate of drug-likeness (QED) is 0.646. The Morgan fingerprint density at radius 2 is 1.86 bits per heavy atom. The Hall–Kier alpha value is -2.28.